The van der Waals surface area contributed by atoms with E-state index in [4.69, 9.17) is 11.6 Å². The van der Waals surface area contributed by atoms with Gasteiger partial charge in [-0.3, -0.25) is 9.89 Å². The lowest BCUT2D eigenvalue weighted by atomic mass is 9.94. The van der Waals surface area contributed by atoms with Gasteiger partial charge in [-0.15, -0.1) is 0 Å². The number of anilines is 2. The molecule has 1 atom stereocenters. The Labute approximate surface area is 133 Å². The van der Waals surface area contributed by atoms with Gasteiger partial charge in [0.25, 0.3) is 0 Å². The summed E-state index contributed by atoms with van der Waals surface area (Å²) in [5.41, 5.74) is 1.70. The third-order valence-electron chi connectivity index (χ3n) is 3.70. The number of amides is 1. The number of nitrogens with one attached hydrogen (secondary N) is 2. The van der Waals surface area contributed by atoms with E-state index in [2.05, 4.69) is 30.4 Å². The Kier molecular flexibility index (Phi) is 4.24. The van der Waals surface area contributed by atoms with Gasteiger partial charge in [0, 0.05) is 25.9 Å². The average molecular weight is 321 g/mol. The summed E-state index contributed by atoms with van der Waals surface area (Å²) in [5, 5.41) is 10.4. The predicted octanol–water partition coefficient (Wildman–Crippen LogP) is 2.20. The third kappa shape index (κ3) is 3.19. The van der Waals surface area contributed by atoms with Crippen LogP contribution < -0.4 is 10.2 Å². The molecule has 1 fully saturated rings. The van der Waals surface area contributed by atoms with Crippen molar-refractivity contribution >= 4 is 29.1 Å². The highest BCUT2D eigenvalue weighted by Gasteiger charge is 2.26. The first-order valence-electron chi connectivity index (χ1n) is 7.17. The zero-order valence-corrected chi connectivity index (χ0v) is 13.0. The molecule has 2 N–H and O–H groups in total. The van der Waals surface area contributed by atoms with E-state index in [9.17, 15) is 4.79 Å². The maximum atomic E-state index is 11.3. The van der Waals surface area contributed by atoms with E-state index in [0.29, 0.717) is 11.0 Å². The van der Waals surface area contributed by atoms with Crippen molar-refractivity contribution < 1.29 is 4.79 Å². The van der Waals surface area contributed by atoms with E-state index in [1.807, 2.05) is 0 Å². The van der Waals surface area contributed by atoms with E-state index in [0.717, 1.165) is 37.3 Å². The molecule has 8 heteroatoms. The van der Waals surface area contributed by atoms with Crippen LogP contribution in [0.1, 0.15) is 31.4 Å². The zero-order chi connectivity index (χ0) is 15.5. The normalized spacial score (nSPS) is 18.3. The molecule has 1 unspecified atom stereocenters. The molecule has 22 heavy (non-hydrogen) atoms. The van der Waals surface area contributed by atoms with Crippen molar-refractivity contribution in [1.29, 1.82) is 0 Å². The molecule has 2 aromatic heterocycles. The Morgan fingerprint density at radius 3 is 2.91 bits per heavy atom. The van der Waals surface area contributed by atoms with Gasteiger partial charge in [0.2, 0.25) is 11.9 Å². The number of carbonyl (C=O) groups excluding carboxylic acids is 1. The first kappa shape index (κ1) is 14.8. The highest BCUT2D eigenvalue weighted by Crippen LogP contribution is 2.31. The first-order chi connectivity index (χ1) is 10.6. The van der Waals surface area contributed by atoms with Crippen molar-refractivity contribution in [2.24, 2.45) is 0 Å². The molecule has 0 aliphatic carbocycles. The fourth-order valence-corrected chi connectivity index (χ4v) is 2.86. The summed E-state index contributed by atoms with van der Waals surface area (Å²) in [4.78, 5) is 21.9. The summed E-state index contributed by atoms with van der Waals surface area (Å²) in [6.07, 6.45) is 6.90. The largest absolute Gasteiger partial charge is 0.340 e. The number of carbonyl (C=O) groups is 1. The van der Waals surface area contributed by atoms with Crippen molar-refractivity contribution in [2.75, 3.05) is 23.3 Å². The predicted molar refractivity (Wildman–Crippen MR) is 84.1 cm³/mol. The van der Waals surface area contributed by atoms with Crippen LogP contribution in [0.5, 0.6) is 0 Å². The van der Waals surface area contributed by atoms with Gasteiger partial charge in [-0.1, -0.05) is 11.6 Å². The van der Waals surface area contributed by atoms with Gasteiger partial charge in [0.1, 0.15) is 0 Å². The zero-order valence-electron chi connectivity index (χ0n) is 12.2. The number of aromatic amines is 1. The molecular weight excluding hydrogens is 304 g/mol. The van der Waals surface area contributed by atoms with Crippen molar-refractivity contribution in [3.8, 4) is 0 Å². The molecule has 0 saturated carbocycles. The summed E-state index contributed by atoms with van der Waals surface area (Å²) in [6.45, 7) is 3.17. The first-order valence-corrected chi connectivity index (χ1v) is 7.54. The lowest BCUT2D eigenvalue weighted by molar-refractivity contribution is -0.114. The second kappa shape index (κ2) is 6.31. The summed E-state index contributed by atoms with van der Waals surface area (Å²) < 4.78 is 0. The molecule has 3 heterocycles. The highest BCUT2D eigenvalue weighted by molar-refractivity contribution is 6.30. The number of aromatic nitrogens is 4. The van der Waals surface area contributed by atoms with E-state index in [1.165, 1.54) is 6.92 Å². The van der Waals surface area contributed by atoms with Crippen LogP contribution in [0.25, 0.3) is 0 Å². The van der Waals surface area contributed by atoms with E-state index >= 15 is 0 Å². The second-order valence-corrected chi connectivity index (χ2v) is 5.80. The molecule has 116 valence electrons. The lowest BCUT2D eigenvalue weighted by Crippen LogP contribution is -2.35. The number of H-pyrrole nitrogens is 1. The van der Waals surface area contributed by atoms with Crippen LogP contribution in [-0.2, 0) is 4.79 Å². The quantitative estimate of drug-likeness (QED) is 0.905. The van der Waals surface area contributed by atoms with Gasteiger partial charge in [0.05, 0.1) is 35.0 Å². The number of hydrogen-bond acceptors (Lipinski definition) is 5. The lowest BCUT2D eigenvalue weighted by Gasteiger charge is -2.32. The number of nitrogens with zero attached hydrogens (tertiary/aromatic N) is 4. The third-order valence-corrected chi connectivity index (χ3v) is 3.89. The monoisotopic (exact) mass is 320 g/mol. The van der Waals surface area contributed by atoms with Crippen LogP contribution in [0.4, 0.5) is 11.6 Å². The van der Waals surface area contributed by atoms with Crippen LogP contribution in [0.3, 0.4) is 0 Å². The maximum absolute atomic E-state index is 11.3. The molecule has 1 amide bonds. The number of rotatable bonds is 3. The summed E-state index contributed by atoms with van der Waals surface area (Å²) in [7, 11) is 0. The summed E-state index contributed by atoms with van der Waals surface area (Å²) >= 11 is 5.83. The van der Waals surface area contributed by atoms with Crippen LogP contribution in [-0.4, -0.2) is 39.2 Å². The smallest absolute Gasteiger partial charge is 0.225 e. The molecular formula is C14H17ClN6O. The summed E-state index contributed by atoms with van der Waals surface area (Å²) in [6, 6.07) is 0. The Morgan fingerprint density at radius 2 is 2.18 bits per heavy atom. The highest BCUT2D eigenvalue weighted by atomic mass is 35.5. The Hall–Kier alpha value is -2.15. The Morgan fingerprint density at radius 1 is 1.41 bits per heavy atom. The second-order valence-electron chi connectivity index (χ2n) is 5.36. The number of halogens is 1. The van der Waals surface area contributed by atoms with Crippen LogP contribution in [0.2, 0.25) is 5.02 Å². The van der Waals surface area contributed by atoms with Crippen molar-refractivity contribution in [3.05, 3.63) is 29.3 Å². The van der Waals surface area contributed by atoms with Gasteiger partial charge < -0.3 is 10.2 Å². The molecule has 2 aromatic rings. The van der Waals surface area contributed by atoms with Gasteiger partial charge >= 0.3 is 0 Å². The van der Waals surface area contributed by atoms with Crippen molar-refractivity contribution in [2.45, 2.75) is 25.7 Å². The van der Waals surface area contributed by atoms with Gasteiger partial charge in [-0.05, 0) is 12.8 Å². The molecule has 0 spiro atoms. The molecule has 0 radical (unpaired) electrons. The SMILES string of the molecule is CC(=O)Nc1cn[nH]c1C1CCCN(c2ncc(Cl)cn2)C1. The van der Waals surface area contributed by atoms with Gasteiger partial charge in [0.15, 0.2) is 0 Å². The molecule has 7 nitrogen and oxygen atoms in total. The number of piperidine rings is 1. The van der Waals surface area contributed by atoms with E-state index in [-0.39, 0.29) is 11.8 Å². The molecule has 0 aromatic carbocycles. The van der Waals surface area contributed by atoms with Crippen LogP contribution in [0, 0.1) is 0 Å². The van der Waals surface area contributed by atoms with Crippen LogP contribution >= 0.6 is 11.6 Å². The minimum absolute atomic E-state index is 0.101. The standard InChI is InChI=1S/C14H17ClN6O/c1-9(22)19-12-7-18-20-13(12)10-3-2-4-21(8-10)14-16-5-11(15)6-17-14/h5-7,10H,2-4,8H2,1H3,(H,18,20)(H,19,22). The maximum Gasteiger partial charge on any atom is 0.225 e. The Balaban J connectivity index is 1.77. The van der Waals surface area contributed by atoms with Crippen molar-refractivity contribution in [1.82, 2.24) is 20.2 Å². The number of hydrogen-bond donors (Lipinski definition) is 2. The molecule has 1 aliphatic heterocycles. The fraction of sp³-hybridized carbons (Fsp3) is 0.429. The Bertz CT molecular complexity index is 656. The minimum Gasteiger partial charge on any atom is -0.340 e. The average Bonchev–Trinajstić information content (AvgIpc) is 2.95. The van der Waals surface area contributed by atoms with E-state index in [1.54, 1.807) is 18.6 Å². The summed E-state index contributed by atoms with van der Waals surface area (Å²) in [5.74, 6) is 0.823. The minimum atomic E-state index is -0.101. The fourth-order valence-electron chi connectivity index (χ4n) is 2.76. The molecule has 3 rings (SSSR count). The molecule has 1 saturated heterocycles. The van der Waals surface area contributed by atoms with Crippen LogP contribution in [0.15, 0.2) is 18.6 Å². The van der Waals surface area contributed by atoms with Gasteiger partial charge in [-0.2, -0.15) is 5.10 Å². The molecule has 0 bridgehead atoms. The topological polar surface area (TPSA) is 86.8 Å². The molecule has 1 aliphatic rings. The van der Waals surface area contributed by atoms with Crippen molar-refractivity contribution in [3.63, 3.8) is 0 Å². The van der Waals surface area contributed by atoms with Gasteiger partial charge in [-0.25, -0.2) is 9.97 Å². The van der Waals surface area contributed by atoms with E-state index < -0.39 is 0 Å².